The zero-order valence-corrected chi connectivity index (χ0v) is 11.2. The summed E-state index contributed by atoms with van der Waals surface area (Å²) >= 11 is -1.86. The van der Waals surface area contributed by atoms with Gasteiger partial charge in [-0.25, -0.2) is 4.21 Å². The summed E-state index contributed by atoms with van der Waals surface area (Å²) in [6, 6.07) is 3.83. The molecule has 13 heavy (non-hydrogen) atoms. The van der Waals surface area contributed by atoms with Crippen LogP contribution in [0.2, 0.25) is 0 Å². The van der Waals surface area contributed by atoms with E-state index >= 15 is 0 Å². The maximum Gasteiger partial charge on any atom is 0.187 e. The molecule has 0 aromatic heterocycles. The van der Waals surface area contributed by atoms with Crippen molar-refractivity contribution in [3.63, 3.8) is 0 Å². The molecule has 4 heteroatoms. The smallest absolute Gasteiger partial charge is 0.187 e. The van der Waals surface area contributed by atoms with Crippen LogP contribution < -0.4 is 0 Å². The number of benzene rings is 1. The standard InChI is InChI=1S/C9H12O2S.Na/c1-6-4-7(2)9(12(10)11)8(3)5-6;/h4-5H,1-3H3,(H,10,11);. The first kappa shape index (κ1) is 13.3. The van der Waals surface area contributed by atoms with Gasteiger partial charge < -0.3 is 4.55 Å². The predicted molar refractivity (Wildman–Crippen MR) is 55.4 cm³/mol. The van der Waals surface area contributed by atoms with Crippen molar-refractivity contribution in [2.24, 2.45) is 0 Å². The van der Waals surface area contributed by atoms with E-state index in [1.165, 1.54) is 0 Å². The summed E-state index contributed by atoms with van der Waals surface area (Å²) in [5, 5.41) is 0. The van der Waals surface area contributed by atoms with Gasteiger partial charge in [0.05, 0.1) is 4.90 Å². The number of hydrogen-bond donors (Lipinski definition) is 1. The predicted octanol–water partition coefficient (Wildman–Crippen LogP) is 1.81. The Kier molecular flexibility index (Phi) is 5.40. The van der Waals surface area contributed by atoms with Gasteiger partial charge in [-0.05, 0) is 31.9 Å². The largest absolute Gasteiger partial charge is 0.302 e. The zero-order chi connectivity index (χ0) is 9.30. The Bertz CT molecular complexity index is 313. The van der Waals surface area contributed by atoms with Crippen LogP contribution in [-0.2, 0) is 11.1 Å². The second-order valence-corrected chi connectivity index (χ2v) is 3.88. The molecule has 0 bridgehead atoms. The van der Waals surface area contributed by atoms with Crippen LogP contribution in [0.1, 0.15) is 16.7 Å². The Balaban J connectivity index is 0.00000144. The topological polar surface area (TPSA) is 37.3 Å². The monoisotopic (exact) mass is 207 g/mol. The molecule has 0 fully saturated rings. The summed E-state index contributed by atoms with van der Waals surface area (Å²) in [6.45, 7) is 5.68. The van der Waals surface area contributed by atoms with E-state index in [9.17, 15) is 4.21 Å². The number of hydrogen-bond acceptors (Lipinski definition) is 1. The molecule has 1 unspecified atom stereocenters. The third-order valence-corrected chi connectivity index (χ3v) is 2.77. The van der Waals surface area contributed by atoms with Crippen LogP contribution in [0.3, 0.4) is 0 Å². The molecule has 0 saturated carbocycles. The summed E-state index contributed by atoms with van der Waals surface area (Å²) in [6.07, 6.45) is 0. The fraction of sp³-hybridized carbons (Fsp3) is 0.333. The van der Waals surface area contributed by atoms with Crippen molar-refractivity contribution in [3.8, 4) is 0 Å². The summed E-state index contributed by atoms with van der Waals surface area (Å²) in [5.74, 6) is 0. The van der Waals surface area contributed by atoms with E-state index in [0.29, 0.717) is 4.90 Å². The first-order valence-electron chi connectivity index (χ1n) is 3.71. The second-order valence-electron chi connectivity index (χ2n) is 2.98. The normalized spacial score (nSPS) is 12.0. The second kappa shape index (κ2) is 5.27. The average molecular weight is 207 g/mol. The molecule has 1 atom stereocenters. The molecule has 0 aliphatic rings. The van der Waals surface area contributed by atoms with E-state index in [2.05, 4.69) is 0 Å². The van der Waals surface area contributed by atoms with Gasteiger partial charge in [0, 0.05) is 29.6 Å². The Labute approximate surface area is 103 Å². The molecule has 0 heterocycles. The molecule has 1 N–H and O–H groups in total. The Morgan fingerprint density at radius 3 is 1.85 bits per heavy atom. The van der Waals surface area contributed by atoms with Gasteiger partial charge in [0.2, 0.25) is 0 Å². The molecule has 0 aliphatic carbocycles. The maximum absolute atomic E-state index is 10.9. The Hall–Kier alpha value is 0.330. The molecule has 0 aliphatic heterocycles. The average Bonchev–Trinajstić information content (AvgIpc) is 1.82. The summed E-state index contributed by atoms with van der Waals surface area (Å²) < 4.78 is 19.8. The summed E-state index contributed by atoms with van der Waals surface area (Å²) in [4.78, 5) is 0.542. The fourth-order valence-corrected chi connectivity index (χ4v) is 2.11. The van der Waals surface area contributed by atoms with E-state index < -0.39 is 11.1 Å². The molecule has 0 spiro atoms. The quantitative estimate of drug-likeness (QED) is 0.563. The fourth-order valence-electron chi connectivity index (χ4n) is 1.44. The van der Waals surface area contributed by atoms with Crippen molar-refractivity contribution < 1.29 is 8.76 Å². The molecule has 1 aromatic rings. The van der Waals surface area contributed by atoms with E-state index in [4.69, 9.17) is 4.55 Å². The van der Waals surface area contributed by atoms with Crippen molar-refractivity contribution in [2.75, 3.05) is 0 Å². The molecule has 2 nitrogen and oxygen atoms in total. The van der Waals surface area contributed by atoms with Gasteiger partial charge in [0.25, 0.3) is 0 Å². The van der Waals surface area contributed by atoms with Gasteiger partial charge >= 0.3 is 0 Å². The van der Waals surface area contributed by atoms with Gasteiger partial charge in [0.1, 0.15) is 0 Å². The first-order valence-corrected chi connectivity index (χ1v) is 4.81. The molecule has 0 amide bonds. The van der Waals surface area contributed by atoms with Gasteiger partial charge in [-0.1, -0.05) is 17.7 Å². The van der Waals surface area contributed by atoms with Gasteiger partial charge in [0.15, 0.2) is 11.1 Å². The summed E-state index contributed by atoms with van der Waals surface area (Å²) in [7, 11) is 0. The van der Waals surface area contributed by atoms with Gasteiger partial charge in [-0.2, -0.15) is 0 Å². The minimum absolute atomic E-state index is 0. The van der Waals surface area contributed by atoms with Crippen LogP contribution in [-0.4, -0.2) is 38.3 Å². The van der Waals surface area contributed by atoms with E-state index in [-0.39, 0.29) is 29.6 Å². The molecule has 1 rings (SSSR count). The molecular weight excluding hydrogens is 195 g/mol. The maximum atomic E-state index is 10.9. The van der Waals surface area contributed by atoms with Crippen LogP contribution in [0.15, 0.2) is 17.0 Å². The molecule has 0 saturated heterocycles. The van der Waals surface area contributed by atoms with Crippen LogP contribution in [0.4, 0.5) is 0 Å². The Morgan fingerprint density at radius 2 is 1.54 bits per heavy atom. The minimum atomic E-state index is -1.86. The van der Waals surface area contributed by atoms with Crippen LogP contribution in [0, 0.1) is 20.8 Å². The van der Waals surface area contributed by atoms with Crippen LogP contribution in [0.25, 0.3) is 0 Å². The van der Waals surface area contributed by atoms with Crippen molar-refractivity contribution in [1.29, 1.82) is 0 Å². The minimum Gasteiger partial charge on any atom is -0.302 e. The van der Waals surface area contributed by atoms with Gasteiger partial charge in [-0.15, -0.1) is 0 Å². The van der Waals surface area contributed by atoms with Crippen LogP contribution >= 0.6 is 0 Å². The summed E-state index contributed by atoms with van der Waals surface area (Å²) in [5.41, 5.74) is 2.89. The van der Waals surface area contributed by atoms with Crippen molar-refractivity contribution in [3.05, 3.63) is 28.8 Å². The SMILES string of the molecule is Cc1cc(C)c(S(=O)O)c(C)c1.[Na]. The number of rotatable bonds is 1. The molecule has 1 radical (unpaired) electrons. The van der Waals surface area contributed by atoms with Crippen molar-refractivity contribution >= 4 is 40.6 Å². The third-order valence-electron chi connectivity index (χ3n) is 1.78. The van der Waals surface area contributed by atoms with E-state index in [1.807, 2.05) is 32.9 Å². The first-order chi connectivity index (χ1) is 5.52. The van der Waals surface area contributed by atoms with Crippen LogP contribution in [0.5, 0.6) is 0 Å². The van der Waals surface area contributed by atoms with Gasteiger partial charge in [-0.3, -0.25) is 0 Å². The van der Waals surface area contributed by atoms with Crippen molar-refractivity contribution in [2.45, 2.75) is 25.7 Å². The molecular formula is C9H12NaO2S. The van der Waals surface area contributed by atoms with E-state index in [0.717, 1.165) is 16.7 Å². The van der Waals surface area contributed by atoms with Crippen molar-refractivity contribution in [1.82, 2.24) is 0 Å². The third kappa shape index (κ3) is 3.18. The molecule has 67 valence electrons. The number of aryl methyl sites for hydroxylation is 3. The Morgan fingerprint density at radius 1 is 1.15 bits per heavy atom. The molecule has 1 aromatic carbocycles. The van der Waals surface area contributed by atoms with E-state index in [1.54, 1.807) is 0 Å². The zero-order valence-electron chi connectivity index (χ0n) is 8.42.